The number of unbranched alkanes of at least 4 members (excludes halogenated alkanes) is 54. The highest BCUT2D eigenvalue weighted by molar-refractivity contribution is 7.45. The molecule has 0 aromatic rings. The van der Waals surface area contributed by atoms with Crippen LogP contribution in [0.1, 0.15) is 380 Å². The predicted molar refractivity (Wildman–Crippen MR) is 344 cm³/mol. The first kappa shape index (κ1) is 78.2. The Labute approximate surface area is 494 Å². The van der Waals surface area contributed by atoms with Crippen molar-refractivity contribution in [2.75, 3.05) is 40.9 Å². The van der Waals surface area contributed by atoms with Gasteiger partial charge in [0.2, 0.25) is 5.91 Å². The van der Waals surface area contributed by atoms with E-state index in [1.54, 1.807) is 6.08 Å². The number of hydrogen-bond acceptors (Lipinski definition) is 6. The summed E-state index contributed by atoms with van der Waals surface area (Å²) in [6, 6.07) is -0.883. The van der Waals surface area contributed by atoms with Crippen LogP contribution < -0.4 is 10.2 Å². The smallest absolute Gasteiger partial charge is 0.268 e. The maximum absolute atomic E-state index is 13.0. The van der Waals surface area contributed by atoms with Gasteiger partial charge in [-0.1, -0.05) is 366 Å². The summed E-state index contributed by atoms with van der Waals surface area (Å²) < 4.78 is 23.4. The van der Waals surface area contributed by atoms with E-state index in [0.29, 0.717) is 17.4 Å². The van der Waals surface area contributed by atoms with Gasteiger partial charge in [0, 0.05) is 6.42 Å². The Kier molecular flexibility index (Phi) is 61.2. The van der Waals surface area contributed by atoms with E-state index in [2.05, 4.69) is 19.2 Å². The molecule has 0 saturated heterocycles. The molecule has 3 atom stereocenters. The van der Waals surface area contributed by atoms with Crippen molar-refractivity contribution in [2.45, 2.75) is 392 Å². The predicted octanol–water partition coefficient (Wildman–Crippen LogP) is 21.9. The van der Waals surface area contributed by atoms with Gasteiger partial charge in [-0.25, -0.2) is 0 Å². The van der Waals surface area contributed by atoms with E-state index in [1.165, 1.54) is 321 Å². The number of phosphoric acid groups is 1. The molecule has 0 bridgehead atoms. The number of nitrogens with one attached hydrogen (secondary N) is 1. The van der Waals surface area contributed by atoms with Gasteiger partial charge >= 0.3 is 0 Å². The van der Waals surface area contributed by atoms with Crippen LogP contribution >= 0.6 is 7.82 Å². The summed E-state index contributed by atoms with van der Waals surface area (Å²) in [5.41, 5.74) is 0. The first-order valence-electron chi connectivity index (χ1n) is 35.6. The van der Waals surface area contributed by atoms with Gasteiger partial charge in [0.15, 0.2) is 0 Å². The molecule has 0 aliphatic rings. The number of phosphoric ester groups is 1. The molecule has 0 aliphatic carbocycles. The van der Waals surface area contributed by atoms with Crippen molar-refractivity contribution in [3.8, 4) is 0 Å². The second kappa shape index (κ2) is 61.8. The monoisotopic (exact) mass is 1140 g/mol. The second-order valence-electron chi connectivity index (χ2n) is 26.0. The number of carbonyl (C=O) groups is 1. The lowest BCUT2D eigenvalue weighted by Gasteiger charge is -2.29. The van der Waals surface area contributed by atoms with Crippen LogP contribution in [0.3, 0.4) is 0 Å². The van der Waals surface area contributed by atoms with E-state index in [1.807, 2.05) is 27.2 Å². The minimum absolute atomic E-state index is 0.00291. The lowest BCUT2D eigenvalue weighted by molar-refractivity contribution is -0.870. The van der Waals surface area contributed by atoms with Crippen LogP contribution in [0.25, 0.3) is 0 Å². The molecule has 0 aliphatic heterocycles. The van der Waals surface area contributed by atoms with Gasteiger partial charge in [-0.15, -0.1) is 0 Å². The standard InChI is InChI=1S/C70H141N2O6P/c1-6-8-10-12-14-16-18-20-22-24-26-28-29-30-31-32-33-34-35-36-37-38-39-40-41-42-43-44-46-48-50-52-54-56-58-60-62-64-70(74)71-68(67-78-79(75,76)77-66-65-72(3,4)5)69(73)63-61-59-57-55-53-51-49-47-45-27-25-23-21-19-17-15-13-11-9-7-2/h61,63,68-69,73H,6-60,62,64-67H2,1-5H3,(H-,71,74,75,76)/b63-61+. The Morgan fingerprint density at radius 2 is 0.684 bits per heavy atom. The molecule has 0 heterocycles. The summed E-state index contributed by atoms with van der Waals surface area (Å²) in [6.07, 6.45) is 79.2. The van der Waals surface area contributed by atoms with Gasteiger partial charge in [0.05, 0.1) is 39.9 Å². The van der Waals surface area contributed by atoms with E-state index in [0.717, 1.165) is 38.5 Å². The average molecular weight is 1140 g/mol. The first-order chi connectivity index (χ1) is 38.5. The lowest BCUT2D eigenvalue weighted by Crippen LogP contribution is -2.45. The fourth-order valence-electron chi connectivity index (χ4n) is 11.2. The van der Waals surface area contributed by atoms with E-state index >= 15 is 0 Å². The lowest BCUT2D eigenvalue weighted by atomic mass is 10.0. The van der Waals surface area contributed by atoms with Gasteiger partial charge in [-0.05, 0) is 19.3 Å². The van der Waals surface area contributed by atoms with Crippen LogP contribution in [-0.4, -0.2) is 68.5 Å². The zero-order chi connectivity index (χ0) is 57.7. The molecule has 0 saturated carbocycles. The number of amides is 1. The molecule has 0 aromatic carbocycles. The summed E-state index contributed by atoms with van der Waals surface area (Å²) in [5, 5.41) is 14.0. The summed E-state index contributed by atoms with van der Waals surface area (Å²) in [6.45, 7) is 4.72. The highest BCUT2D eigenvalue weighted by atomic mass is 31.2. The fourth-order valence-corrected chi connectivity index (χ4v) is 11.9. The Morgan fingerprint density at radius 1 is 0.430 bits per heavy atom. The van der Waals surface area contributed by atoms with Gasteiger partial charge in [-0.3, -0.25) is 9.36 Å². The normalized spacial score (nSPS) is 13.7. The summed E-state index contributed by atoms with van der Waals surface area (Å²) in [5.74, 6) is -0.187. The Balaban J connectivity index is 3.92. The molecule has 0 aromatic heterocycles. The molecule has 472 valence electrons. The maximum Gasteiger partial charge on any atom is 0.268 e. The van der Waals surface area contributed by atoms with Gasteiger partial charge in [0.25, 0.3) is 7.82 Å². The van der Waals surface area contributed by atoms with Crippen molar-refractivity contribution in [3.63, 3.8) is 0 Å². The van der Waals surface area contributed by atoms with Crippen molar-refractivity contribution in [3.05, 3.63) is 12.2 Å². The molecular weight excluding hydrogens is 996 g/mol. The van der Waals surface area contributed by atoms with Crippen LogP contribution in [0.4, 0.5) is 0 Å². The Hall–Kier alpha value is -0.760. The van der Waals surface area contributed by atoms with Crippen LogP contribution in [0.15, 0.2) is 12.2 Å². The van der Waals surface area contributed by atoms with E-state index < -0.39 is 20.0 Å². The van der Waals surface area contributed by atoms with Gasteiger partial charge in [0.1, 0.15) is 13.2 Å². The number of quaternary nitrogens is 1. The van der Waals surface area contributed by atoms with Crippen LogP contribution in [0.5, 0.6) is 0 Å². The number of aliphatic hydroxyl groups excluding tert-OH is 1. The second-order valence-corrected chi connectivity index (χ2v) is 27.4. The molecule has 0 spiro atoms. The number of allylic oxidation sites excluding steroid dienone is 1. The summed E-state index contributed by atoms with van der Waals surface area (Å²) >= 11 is 0. The number of rotatable bonds is 67. The van der Waals surface area contributed by atoms with Gasteiger partial charge < -0.3 is 28.8 Å². The van der Waals surface area contributed by atoms with Crippen LogP contribution in [0.2, 0.25) is 0 Å². The number of likely N-dealkylation sites (N-methyl/N-ethyl adjacent to an activating group) is 1. The Bertz CT molecular complexity index is 1290. The largest absolute Gasteiger partial charge is 0.756 e. The molecule has 1 amide bonds. The molecule has 79 heavy (non-hydrogen) atoms. The molecule has 0 radical (unpaired) electrons. The first-order valence-corrected chi connectivity index (χ1v) is 37.0. The molecule has 8 nitrogen and oxygen atoms in total. The number of nitrogens with zero attached hydrogens (tertiary/aromatic N) is 1. The van der Waals surface area contributed by atoms with Crippen LogP contribution in [-0.2, 0) is 18.4 Å². The third-order valence-corrected chi connectivity index (χ3v) is 17.7. The molecule has 0 fully saturated rings. The zero-order valence-electron chi connectivity index (χ0n) is 54.1. The van der Waals surface area contributed by atoms with Crippen LogP contribution in [0, 0.1) is 0 Å². The number of hydrogen-bond donors (Lipinski definition) is 2. The van der Waals surface area contributed by atoms with Crippen molar-refractivity contribution in [2.24, 2.45) is 0 Å². The highest BCUT2D eigenvalue weighted by Crippen LogP contribution is 2.38. The SMILES string of the molecule is CCCCCCCCCCCCCCCCCCCC/C=C/C(O)C(COP(=O)([O-])OCC[N+](C)(C)C)NC(=O)CCCCCCCCCCCCCCCCCCCCCCCCCCCCCCCCCCCCCCC. The van der Waals surface area contributed by atoms with E-state index in [4.69, 9.17) is 9.05 Å². The molecule has 0 rings (SSSR count). The van der Waals surface area contributed by atoms with Gasteiger partial charge in [-0.2, -0.15) is 0 Å². The van der Waals surface area contributed by atoms with Crippen molar-refractivity contribution < 1.29 is 32.9 Å². The third kappa shape index (κ3) is 64.7. The average Bonchev–Trinajstić information content (AvgIpc) is 3.42. The summed E-state index contributed by atoms with van der Waals surface area (Å²) in [7, 11) is 1.28. The maximum atomic E-state index is 13.0. The fraction of sp³-hybridized carbons (Fsp3) is 0.957. The molecule has 3 unspecified atom stereocenters. The Morgan fingerprint density at radius 3 is 0.949 bits per heavy atom. The van der Waals surface area contributed by atoms with E-state index in [-0.39, 0.29) is 19.1 Å². The van der Waals surface area contributed by atoms with E-state index in [9.17, 15) is 19.4 Å². The highest BCUT2D eigenvalue weighted by Gasteiger charge is 2.23. The zero-order valence-corrected chi connectivity index (χ0v) is 55.0. The van der Waals surface area contributed by atoms with Crippen molar-refractivity contribution in [1.82, 2.24) is 5.32 Å². The molecular formula is C70H141N2O6P. The topological polar surface area (TPSA) is 108 Å². The minimum atomic E-state index is -4.60. The quantitative estimate of drug-likeness (QED) is 0.0272. The number of carbonyl (C=O) groups excluding carboxylic acids is 1. The number of aliphatic hydroxyl groups is 1. The summed E-state index contributed by atoms with van der Waals surface area (Å²) in [4.78, 5) is 25.6. The molecule has 2 N–H and O–H groups in total. The van der Waals surface area contributed by atoms with Crippen molar-refractivity contribution in [1.29, 1.82) is 0 Å². The third-order valence-electron chi connectivity index (χ3n) is 16.7. The minimum Gasteiger partial charge on any atom is -0.756 e. The van der Waals surface area contributed by atoms with Crippen molar-refractivity contribution >= 4 is 13.7 Å². The molecule has 9 heteroatoms.